The first kappa shape index (κ1) is 14.8. The lowest BCUT2D eigenvalue weighted by Crippen LogP contribution is -2.19. The van der Waals surface area contributed by atoms with Gasteiger partial charge in [0, 0.05) is 18.8 Å². The number of nitrogens with zero attached hydrogens (tertiary/aromatic N) is 1. The largest absolute Gasteiger partial charge is 0.497 e. The highest BCUT2D eigenvalue weighted by atomic mass is 16.5. The number of methoxy groups -OCH3 is 1. The van der Waals surface area contributed by atoms with Gasteiger partial charge in [0.1, 0.15) is 5.75 Å². The normalized spacial score (nSPS) is 10.1. The van der Waals surface area contributed by atoms with Crippen molar-refractivity contribution in [2.45, 2.75) is 13.0 Å². The van der Waals surface area contributed by atoms with Gasteiger partial charge in [-0.2, -0.15) is 0 Å². The quantitative estimate of drug-likeness (QED) is 0.603. The molecule has 110 valence electrons. The Morgan fingerprint density at radius 1 is 1.14 bits per heavy atom. The summed E-state index contributed by atoms with van der Waals surface area (Å²) in [6.45, 7) is 0.793. The average Bonchev–Trinajstić information content (AvgIpc) is 2.53. The summed E-state index contributed by atoms with van der Waals surface area (Å²) in [5.41, 5.74) is 0.423. The molecule has 21 heavy (non-hydrogen) atoms. The number of esters is 1. The van der Waals surface area contributed by atoms with Crippen LogP contribution in [-0.4, -0.2) is 24.3 Å². The van der Waals surface area contributed by atoms with Gasteiger partial charge in [-0.1, -0.05) is 6.07 Å². The van der Waals surface area contributed by atoms with Crippen LogP contribution in [0.2, 0.25) is 0 Å². The first-order valence-electron chi connectivity index (χ1n) is 6.67. The number of rotatable bonds is 6. The molecule has 0 unspecified atom stereocenters. The number of carbonyl (C=O) groups excluding carboxylic acids is 1. The predicted molar refractivity (Wildman–Crippen MR) is 78.6 cm³/mol. The van der Waals surface area contributed by atoms with Gasteiger partial charge in [-0.25, -0.2) is 4.79 Å². The van der Waals surface area contributed by atoms with Crippen LogP contribution in [0, 0.1) is 0 Å². The molecule has 0 spiro atoms. The van der Waals surface area contributed by atoms with E-state index in [1.807, 2.05) is 0 Å². The lowest BCUT2D eigenvalue weighted by Gasteiger charge is -2.07. The zero-order valence-corrected chi connectivity index (χ0v) is 11.8. The summed E-state index contributed by atoms with van der Waals surface area (Å²) in [4.78, 5) is 23.3. The molecule has 0 radical (unpaired) electrons. The Hall–Kier alpha value is -2.56. The minimum absolute atomic E-state index is 0.0565. The van der Waals surface area contributed by atoms with Gasteiger partial charge in [0.05, 0.1) is 19.3 Å². The van der Waals surface area contributed by atoms with Crippen molar-refractivity contribution >= 4 is 5.97 Å². The summed E-state index contributed by atoms with van der Waals surface area (Å²) >= 11 is 0. The molecule has 0 aliphatic carbocycles. The number of aryl methyl sites for hydroxylation is 1. The third-order valence-corrected chi connectivity index (χ3v) is 3.00. The molecule has 0 amide bonds. The summed E-state index contributed by atoms with van der Waals surface area (Å²) in [5.74, 6) is 0.313. The molecule has 2 aromatic rings. The van der Waals surface area contributed by atoms with Crippen LogP contribution in [-0.2, 0) is 11.3 Å². The highest BCUT2D eigenvalue weighted by molar-refractivity contribution is 5.89. The van der Waals surface area contributed by atoms with Gasteiger partial charge in [-0.15, -0.1) is 0 Å². The molecule has 0 aliphatic rings. The third kappa shape index (κ3) is 4.21. The predicted octanol–water partition coefficient (Wildman–Crippen LogP) is 2.10. The lowest BCUT2D eigenvalue weighted by molar-refractivity contribution is 0.0495. The van der Waals surface area contributed by atoms with Gasteiger partial charge in [-0.05, 0) is 36.8 Å². The molecule has 1 heterocycles. The fourth-order valence-corrected chi connectivity index (χ4v) is 1.86. The number of pyridine rings is 1. The van der Waals surface area contributed by atoms with E-state index < -0.39 is 0 Å². The Balaban J connectivity index is 1.79. The standard InChI is InChI=1S/C16H17NO4/c1-20-14-8-6-13(7-9-14)16(19)21-12-4-11-17-10-3-2-5-15(17)18/h2-3,5-10H,4,11-12H2,1H3. The Bertz CT molecular complexity index is 646. The monoisotopic (exact) mass is 287 g/mol. The number of carbonyl (C=O) groups is 1. The minimum Gasteiger partial charge on any atom is -0.497 e. The molecule has 0 N–H and O–H groups in total. The Labute approximate surface area is 122 Å². The summed E-state index contributed by atoms with van der Waals surface area (Å²) in [6.07, 6.45) is 2.31. The van der Waals surface area contributed by atoms with Crippen LogP contribution in [0.3, 0.4) is 0 Å². The summed E-state index contributed by atoms with van der Waals surface area (Å²) < 4.78 is 11.8. The third-order valence-electron chi connectivity index (χ3n) is 3.00. The molecule has 0 saturated heterocycles. The maximum atomic E-state index is 11.8. The van der Waals surface area contributed by atoms with Crippen molar-refractivity contribution in [3.8, 4) is 5.75 Å². The SMILES string of the molecule is COc1ccc(C(=O)OCCCn2ccccc2=O)cc1. The molecular formula is C16H17NO4. The van der Waals surface area contributed by atoms with Crippen molar-refractivity contribution in [2.75, 3.05) is 13.7 Å². The van der Waals surface area contributed by atoms with Crippen molar-refractivity contribution in [1.82, 2.24) is 4.57 Å². The van der Waals surface area contributed by atoms with Crippen molar-refractivity contribution in [3.63, 3.8) is 0 Å². The first-order valence-corrected chi connectivity index (χ1v) is 6.67. The van der Waals surface area contributed by atoms with E-state index in [4.69, 9.17) is 9.47 Å². The maximum absolute atomic E-state index is 11.8. The Morgan fingerprint density at radius 2 is 1.90 bits per heavy atom. The molecule has 0 saturated carbocycles. The van der Waals surface area contributed by atoms with Crippen molar-refractivity contribution in [1.29, 1.82) is 0 Å². The van der Waals surface area contributed by atoms with Crippen LogP contribution in [0.15, 0.2) is 53.5 Å². The van der Waals surface area contributed by atoms with Gasteiger partial charge < -0.3 is 14.0 Å². The van der Waals surface area contributed by atoms with E-state index in [9.17, 15) is 9.59 Å². The zero-order valence-electron chi connectivity index (χ0n) is 11.8. The van der Waals surface area contributed by atoms with E-state index in [0.717, 1.165) is 0 Å². The zero-order chi connectivity index (χ0) is 15.1. The molecular weight excluding hydrogens is 270 g/mol. The van der Waals surface area contributed by atoms with Gasteiger partial charge in [0.2, 0.25) is 5.56 Å². The second kappa shape index (κ2) is 7.28. The van der Waals surface area contributed by atoms with E-state index in [2.05, 4.69) is 0 Å². The van der Waals surface area contributed by atoms with E-state index in [0.29, 0.717) is 24.3 Å². The molecule has 0 bridgehead atoms. The molecule has 1 aromatic heterocycles. The second-order valence-electron chi connectivity index (χ2n) is 4.45. The second-order valence-corrected chi connectivity index (χ2v) is 4.45. The Kier molecular flexibility index (Phi) is 5.15. The fraction of sp³-hybridized carbons (Fsp3) is 0.250. The smallest absolute Gasteiger partial charge is 0.338 e. The van der Waals surface area contributed by atoms with Crippen LogP contribution in [0.25, 0.3) is 0 Å². The van der Waals surface area contributed by atoms with Gasteiger partial charge in [-0.3, -0.25) is 4.79 Å². The van der Waals surface area contributed by atoms with Crippen molar-refractivity contribution < 1.29 is 14.3 Å². The number of aromatic nitrogens is 1. The highest BCUT2D eigenvalue weighted by Crippen LogP contribution is 2.12. The Morgan fingerprint density at radius 3 is 2.57 bits per heavy atom. The van der Waals surface area contributed by atoms with Gasteiger partial charge in [0.25, 0.3) is 0 Å². The first-order chi connectivity index (χ1) is 10.2. The van der Waals surface area contributed by atoms with Crippen molar-refractivity contribution in [3.05, 3.63) is 64.6 Å². The molecule has 0 fully saturated rings. The van der Waals surface area contributed by atoms with Crippen LogP contribution < -0.4 is 10.3 Å². The number of hydrogen-bond acceptors (Lipinski definition) is 4. The average molecular weight is 287 g/mol. The molecule has 0 aliphatic heterocycles. The van der Waals surface area contributed by atoms with Gasteiger partial charge in [0.15, 0.2) is 0 Å². The van der Waals surface area contributed by atoms with Gasteiger partial charge >= 0.3 is 5.97 Å². The van der Waals surface area contributed by atoms with E-state index in [1.165, 1.54) is 6.07 Å². The van der Waals surface area contributed by atoms with Crippen LogP contribution in [0.5, 0.6) is 5.75 Å². The van der Waals surface area contributed by atoms with E-state index in [1.54, 1.807) is 54.3 Å². The molecule has 5 nitrogen and oxygen atoms in total. The lowest BCUT2D eigenvalue weighted by atomic mass is 10.2. The summed E-state index contributed by atoms with van der Waals surface area (Å²) in [7, 11) is 1.57. The molecule has 1 aromatic carbocycles. The van der Waals surface area contributed by atoms with Crippen LogP contribution in [0.4, 0.5) is 0 Å². The number of hydrogen-bond donors (Lipinski definition) is 0. The van der Waals surface area contributed by atoms with Crippen LogP contribution in [0.1, 0.15) is 16.8 Å². The summed E-state index contributed by atoms with van der Waals surface area (Å²) in [5, 5.41) is 0. The van der Waals surface area contributed by atoms with Crippen LogP contribution >= 0.6 is 0 Å². The maximum Gasteiger partial charge on any atom is 0.338 e. The number of ether oxygens (including phenoxy) is 2. The fourth-order valence-electron chi connectivity index (χ4n) is 1.86. The molecule has 0 atom stereocenters. The van der Waals surface area contributed by atoms with E-state index in [-0.39, 0.29) is 18.1 Å². The summed E-state index contributed by atoms with van der Waals surface area (Å²) in [6, 6.07) is 11.7. The van der Waals surface area contributed by atoms with E-state index >= 15 is 0 Å². The van der Waals surface area contributed by atoms with Crippen molar-refractivity contribution in [2.24, 2.45) is 0 Å². The number of benzene rings is 1. The highest BCUT2D eigenvalue weighted by Gasteiger charge is 2.06. The topological polar surface area (TPSA) is 57.5 Å². The molecule has 5 heteroatoms. The molecule has 2 rings (SSSR count). The minimum atomic E-state index is -0.377.